The highest BCUT2D eigenvalue weighted by atomic mass is 32.2. The fourth-order valence-electron chi connectivity index (χ4n) is 10.8. The number of rotatable bonds is 16. The van der Waals surface area contributed by atoms with Crippen molar-refractivity contribution in [2.24, 2.45) is 40.3 Å². The van der Waals surface area contributed by atoms with Gasteiger partial charge in [0.2, 0.25) is 0 Å². The molecule has 0 radical (unpaired) electrons. The zero-order chi connectivity index (χ0) is 54.3. The summed E-state index contributed by atoms with van der Waals surface area (Å²) in [4.78, 5) is 13.6. The molecular formula is C49H68N8O17S2. The van der Waals surface area contributed by atoms with Gasteiger partial charge in [-0.05, 0) is 60.6 Å². The summed E-state index contributed by atoms with van der Waals surface area (Å²) < 4.78 is 49.2. The minimum atomic E-state index is -1.58. The molecule has 22 N–H and O–H groups in total. The topological polar surface area (TPSA) is 433 Å². The predicted molar refractivity (Wildman–Crippen MR) is 274 cm³/mol. The fraction of sp³-hybridized carbons (Fsp3) is 0.592. The van der Waals surface area contributed by atoms with E-state index >= 15 is 0 Å². The number of carbonyl (C=O) groups excluding carboxylic acids is 1. The molecule has 9 rings (SSSR count). The number of aliphatic hydroxyl groups excluding tert-OH is 6. The van der Waals surface area contributed by atoms with Crippen molar-refractivity contribution in [1.82, 2.24) is 5.32 Å². The van der Waals surface area contributed by atoms with Gasteiger partial charge in [-0.1, -0.05) is 12.1 Å². The number of hydrogen-bond donors (Lipinski definition) is 16. The Balaban J connectivity index is 0.830. The van der Waals surface area contributed by atoms with Gasteiger partial charge in [0.25, 0.3) is 0 Å². The van der Waals surface area contributed by atoms with Gasteiger partial charge in [0, 0.05) is 84.5 Å². The van der Waals surface area contributed by atoms with E-state index in [-0.39, 0.29) is 43.2 Å². The Kier molecular flexibility index (Phi) is 17.6. The normalized spacial score (nSPS) is 37.7. The van der Waals surface area contributed by atoms with Crippen molar-refractivity contribution in [1.29, 1.82) is 0 Å². The first kappa shape index (κ1) is 56.6. The smallest absolute Gasteiger partial charge is 0.314 e. The highest BCUT2D eigenvalue weighted by molar-refractivity contribution is 7.99. The number of esters is 1. The molecule has 20 atom stereocenters. The van der Waals surface area contributed by atoms with E-state index in [2.05, 4.69) is 10.6 Å². The van der Waals surface area contributed by atoms with Crippen molar-refractivity contribution in [3.8, 4) is 23.0 Å². The Bertz CT molecular complexity index is 2460. The van der Waals surface area contributed by atoms with E-state index in [9.17, 15) is 45.6 Å². The number of nitrogens with one attached hydrogen (secondary N) is 2. The summed E-state index contributed by atoms with van der Waals surface area (Å²) in [6.45, 7) is -0.454. The lowest BCUT2D eigenvalue weighted by molar-refractivity contribution is -0.306. The van der Waals surface area contributed by atoms with Crippen molar-refractivity contribution >= 4 is 40.7 Å². The standard InChI is InChI=1S/C49H68N8O17S2/c50-15-31-36(61)24(17-58)34(54)45(68-31)72-42-33(70-47(40(42)65)73-43-37(62)27(52)13-28(53)41(43)71-46-35(55)39(64)38(63)32(16-51)69-46)18-76-10-9-56-48(75)57-20-3-1-19(2-4-20)23-14-49(74-44(23)66)25-7-5-21(59)11-29(25)67-30-12-22(60)6-8-26(30)49/h1-8,11-12,23-24,27-28,31-43,45-47,58-65H,9-10,13-18,50-55H2,(H2,56,57,75)/t23?,24?,27-,28?,31?,32?,33?,34?,35?,36+,37?,38-,39?,40?,41-,42?,43?,45-,46-,47?/m1/s1. The second kappa shape index (κ2) is 23.7. The van der Waals surface area contributed by atoms with Crippen LogP contribution in [0.3, 0.4) is 0 Å². The molecule has 0 amide bonds. The third-order valence-corrected chi connectivity index (χ3v) is 16.4. The van der Waals surface area contributed by atoms with Crippen LogP contribution in [0.5, 0.6) is 23.0 Å². The summed E-state index contributed by atoms with van der Waals surface area (Å²) in [5.41, 5.74) is 38.4. The molecule has 5 aliphatic heterocycles. The number of ether oxygens (including phenoxy) is 8. The monoisotopic (exact) mass is 1100 g/mol. The van der Waals surface area contributed by atoms with Gasteiger partial charge < -0.3 is 124 Å². The first-order chi connectivity index (χ1) is 36.3. The van der Waals surface area contributed by atoms with Crippen LogP contribution in [0.15, 0.2) is 60.7 Å². The first-order valence-electron chi connectivity index (χ1n) is 25.0. The summed E-state index contributed by atoms with van der Waals surface area (Å²) in [7, 11) is 0. The van der Waals surface area contributed by atoms with Crippen LogP contribution in [0.1, 0.15) is 35.4 Å². The van der Waals surface area contributed by atoms with Crippen LogP contribution < -0.4 is 49.8 Å². The van der Waals surface area contributed by atoms with Crippen LogP contribution in [-0.4, -0.2) is 200 Å². The predicted octanol–water partition coefficient (Wildman–Crippen LogP) is -3.43. The van der Waals surface area contributed by atoms with Crippen molar-refractivity contribution in [3.63, 3.8) is 0 Å². The van der Waals surface area contributed by atoms with Crippen molar-refractivity contribution in [2.75, 3.05) is 43.1 Å². The summed E-state index contributed by atoms with van der Waals surface area (Å²) in [6, 6.07) is 12.3. The number of phenols is 2. The van der Waals surface area contributed by atoms with E-state index in [1.54, 1.807) is 36.4 Å². The molecular weight excluding hydrogens is 1040 g/mol. The number of thioether (sulfide) groups is 1. The summed E-state index contributed by atoms with van der Waals surface area (Å²) >= 11 is 7.01. The van der Waals surface area contributed by atoms with Gasteiger partial charge in [0.1, 0.15) is 65.7 Å². The zero-order valence-corrected chi connectivity index (χ0v) is 42.6. The van der Waals surface area contributed by atoms with E-state index in [1.165, 1.54) is 36.0 Å². The lowest BCUT2D eigenvalue weighted by atomic mass is 9.77. The SMILES string of the molecule is NCC1O[C@H](O[C@@H]2C(N)C[C@@H](N)C(O)C2OC2OC(CSCCNC(=S)Nc3ccc(C4CC5(OC4=O)c4ccc(O)cc4Oc4cc(O)ccc45)cc3)C(O[C@H]3OC(CN)[C@@H](O)C(CO)C3N)C2O)C(N)C(O)[C@@H]1O. The number of fused-ring (bicyclic) bond motifs is 4. The third kappa shape index (κ3) is 11.2. The largest absolute Gasteiger partial charge is 0.508 e. The maximum atomic E-state index is 13.6. The van der Waals surface area contributed by atoms with Crippen molar-refractivity contribution < 1.29 is 83.5 Å². The molecule has 1 saturated carbocycles. The summed E-state index contributed by atoms with van der Waals surface area (Å²) in [5, 5.41) is 92.4. The van der Waals surface area contributed by atoms with E-state index < -0.39 is 140 Å². The molecule has 4 saturated heterocycles. The summed E-state index contributed by atoms with van der Waals surface area (Å²) in [5.74, 6) is -0.793. The maximum absolute atomic E-state index is 13.6. The highest BCUT2D eigenvalue weighted by Crippen LogP contribution is 2.57. The number of nitrogens with two attached hydrogens (primary N) is 6. The van der Waals surface area contributed by atoms with Crippen molar-refractivity contribution in [2.45, 2.75) is 135 Å². The van der Waals surface area contributed by atoms with Gasteiger partial charge in [0.15, 0.2) is 29.6 Å². The molecule has 25 nitrogen and oxygen atoms in total. The Morgan fingerprint density at radius 3 is 1.93 bits per heavy atom. The molecule has 0 bridgehead atoms. The molecule has 0 aromatic heterocycles. The fourth-order valence-corrected chi connectivity index (χ4v) is 12.0. The number of anilines is 1. The van der Waals surface area contributed by atoms with Crippen LogP contribution in [0, 0.1) is 5.92 Å². The Morgan fingerprint density at radius 1 is 0.711 bits per heavy atom. The van der Waals surface area contributed by atoms with Gasteiger partial charge in [-0.25, -0.2) is 0 Å². The lowest BCUT2D eigenvalue weighted by Crippen LogP contribution is -2.68. The molecule has 14 unspecified atom stereocenters. The number of aliphatic hydroxyl groups is 6. The van der Waals surface area contributed by atoms with Crippen molar-refractivity contribution in [3.05, 3.63) is 77.4 Å². The molecule has 5 fully saturated rings. The average molecular weight is 1110 g/mol. The number of benzene rings is 3. The number of phenolic OH excluding ortho intramolecular Hbond substituents is 2. The average Bonchev–Trinajstić information content (AvgIpc) is 3.95. The Morgan fingerprint density at radius 2 is 1.30 bits per heavy atom. The van der Waals surface area contributed by atoms with E-state index in [0.29, 0.717) is 51.3 Å². The molecule has 5 heterocycles. The number of aromatic hydroxyl groups is 2. The van der Waals surface area contributed by atoms with Crippen LogP contribution in [-0.2, 0) is 43.6 Å². The Hall–Kier alpha value is -4.15. The van der Waals surface area contributed by atoms with E-state index in [1.807, 2.05) is 0 Å². The molecule has 3 aromatic carbocycles. The van der Waals surface area contributed by atoms with Crippen LogP contribution >= 0.6 is 24.0 Å². The Labute approximate surface area is 446 Å². The quantitative estimate of drug-likeness (QED) is 0.0377. The van der Waals surface area contributed by atoms with Gasteiger partial charge >= 0.3 is 5.97 Å². The van der Waals surface area contributed by atoms with Crippen LogP contribution in [0.2, 0.25) is 0 Å². The molecule has 27 heteroatoms. The second-order valence-corrected chi connectivity index (χ2v) is 21.5. The number of hydrogen-bond acceptors (Lipinski definition) is 25. The van der Waals surface area contributed by atoms with Gasteiger partial charge in [-0.15, -0.1) is 0 Å². The number of thiocarbonyl (C=S) groups is 1. The molecule has 1 aliphatic carbocycles. The molecule has 418 valence electrons. The van der Waals surface area contributed by atoms with Crippen LogP contribution in [0.4, 0.5) is 5.69 Å². The van der Waals surface area contributed by atoms with E-state index in [4.69, 9.17) is 84.5 Å². The second-order valence-electron chi connectivity index (χ2n) is 20.0. The lowest BCUT2D eigenvalue weighted by Gasteiger charge is -2.47. The minimum Gasteiger partial charge on any atom is -0.508 e. The molecule has 76 heavy (non-hydrogen) atoms. The third-order valence-electron chi connectivity index (χ3n) is 15.0. The maximum Gasteiger partial charge on any atom is 0.314 e. The van der Waals surface area contributed by atoms with E-state index in [0.717, 1.165) is 0 Å². The molecule has 3 aromatic rings. The molecule has 1 spiro atoms. The van der Waals surface area contributed by atoms with Gasteiger partial charge in [-0.3, -0.25) is 4.79 Å². The zero-order valence-electron chi connectivity index (χ0n) is 41.0. The van der Waals surface area contributed by atoms with Crippen LogP contribution in [0.25, 0.3) is 0 Å². The van der Waals surface area contributed by atoms with Gasteiger partial charge in [-0.2, -0.15) is 11.8 Å². The van der Waals surface area contributed by atoms with Gasteiger partial charge in [0.05, 0.1) is 49.0 Å². The highest BCUT2D eigenvalue weighted by Gasteiger charge is 2.56. The first-order valence-corrected chi connectivity index (χ1v) is 26.6. The molecule has 6 aliphatic rings. The minimum absolute atomic E-state index is 0.0317. The summed E-state index contributed by atoms with van der Waals surface area (Å²) in [6.07, 6.45) is -17.6. The number of carbonyl (C=O) groups is 1.